The number of ether oxygens (including phenoxy) is 1. The van der Waals surface area contributed by atoms with Crippen LogP contribution in [0.5, 0.6) is 0 Å². The standard InChI is InChI=1S/C14H19N5O2/c1-5-21-13(20)12-10(15)7-19(18-12)14-16-9(4)6-11(17-14)8(2)3/h6-8H,5,15H2,1-4H3. The van der Waals surface area contributed by atoms with Gasteiger partial charge in [-0.3, -0.25) is 0 Å². The fraction of sp³-hybridized carbons (Fsp3) is 0.429. The van der Waals surface area contributed by atoms with Crippen LogP contribution in [0.4, 0.5) is 5.69 Å². The maximum Gasteiger partial charge on any atom is 0.361 e. The van der Waals surface area contributed by atoms with E-state index < -0.39 is 5.97 Å². The van der Waals surface area contributed by atoms with Gasteiger partial charge in [0.1, 0.15) is 0 Å². The number of anilines is 1. The summed E-state index contributed by atoms with van der Waals surface area (Å²) in [6.07, 6.45) is 1.52. The van der Waals surface area contributed by atoms with Crippen molar-refractivity contribution in [3.63, 3.8) is 0 Å². The van der Waals surface area contributed by atoms with E-state index in [4.69, 9.17) is 10.5 Å². The largest absolute Gasteiger partial charge is 0.461 e. The van der Waals surface area contributed by atoms with Crippen LogP contribution >= 0.6 is 0 Å². The summed E-state index contributed by atoms with van der Waals surface area (Å²) < 4.78 is 6.31. The van der Waals surface area contributed by atoms with Gasteiger partial charge in [-0.2, -0.15) is 5.10 Å². The molecule has 0 aromatic carbocycles. The topological polar surface area (TPSA) is 95.9 Å². The molecular formula is C14H19N5O2. The molecule has 0 aliphatic rings. The third-order valence-electron chi connectivity index (χ3n) is 2.87. The molecule has 2 rings (SSSR count). The number of nitrogens with zero attached hydrogens (tertiary/aromatic N) is 4. The first-order chi connectivity index (χ1) is 9.92. The van der Waals surface area contributed by atoms with E-state index in [0.29, 0.717) is 5.95 Å². The van der Waals surface area contributed by atoms with Gasteiger partial charge in [-0.25, -0.2) is 19.4 Å². The van der Waals surface area contributed by atoms with Crippen molar-refractivity contribution in [1.82, 2.24) is 19.7 Å². The van der Waals surface area contributed by atoms with E-state index in [9.17, 15) is 4.79 Å². The minimum absolute atomic E-state index is 0.0769. The van der Waals surface area contributed by atoms with E-state index in [1.54, 1.807) is 6.92 Å². The Morgan fingerprint density at radius 1 is 1.43 bits per heavy atom. The van der Waals surface area contributed by atoms with E-state index in [2.05, 4.69) is 15.1 Å². The number of aromatic nitrogens is 4. The summed E-state index contributed by atoms with van der Waals surface area (Å²) in [5, 5.41) is 4.13. The van der Waals surface area contributed by atoms with Crippen molar-refractivity contribution in [2.75, 3.05) is 12.3 Å². The van der Waals surface area contributed by atoms with Gasteiger partial charge in [-0.1, -0.05) is 13.8 Å². The maximum atomic E-state index is 11.7. The van der Waals surface area contributed by atoms with Gasteiger partial charge in [0, 0.05) is 11.4 Å². The number of aryl methyl sites for hydroxylation is 1. The molecule has 112 valence electrons. The van der Waals surface area contributed by atoms with Gasteiger partial charge in [0.2, 0.25) is 0 Å². The second-order valence-corrected chi connectivity index (χ2v) is 4.99. The van der Waals surface area contributed by atoms with Gasteiger partial charge >= 0.3 is 5.97 Å². The monoisotopic (exact) mass is 289 g/mol. The summed E-state index contributed by atoms with van der Waals surface area (Å²) in [6.45, 7) is 7.98. The number of hydrogen-bond donors (Lipinski definition) is 1. The van der Waals surface area contributed by atoms with Crippen molar-refractivity contribution in [2.45, 2.75) is 33.6 Å². The first-order valence-corrected chi connectivity index (χ1v) is 6.80. The van der Waals surface area contributed by atoms with E-state index >= 15 is 0 Å². The smallest absolute Gasteiger partial charge is 0.361 e. The number of nitrogen functional groups attached to an aromatic ring is 1. The lowest BCUT2D eigenvalue weighted by Gasteiger charge is -2.08. The molecule has 2 heterocycles. The summed E-state index contributed by atoms with van der Waals surface area (Å²) in [4.78, 5) is 20.5. The first-order valence-electron chi connectivity index (χ1n) is 6.80. The normalized spacial score (nSPS) is 10.9. The van der Waals surface area contributed by atoms with Crippen LogP contribution in [0.2, 0.25) is 0 Å². The van der Waals surface area contributed by atoms with Gasteiger partial charge in [-0.15, -0.1) is 0 Å². The Labute approximate surface area is 123 Å². The van der Waals surface area contributed by atoms with Crippen LogP contribution in [0.1, 0.15) is 48.6 Å². The molecule has 0 aliphatic carbocycles. The lowest BCUT2D eigenvalue weighted by atomic mass is 10.1. The third-order valence-corrected chi connectivity index (χ3v) is 2.87. The average Bonchev–Trinajstić information content (AvgIpc) is 2.80. The molecule has 0 unspecified atom stereocenters. The molecule has 0 atom stereocenters. The van der Waals surface area contributed by atoms with Gasteiger partial charge in [-0.05, 0) is 25.8 Å². The van der Waals surface area contributed by atoms with Crippen LogP contribution in [0.3, 0.4) is 0 Å². The molecule has 2 N–H and O–H groups in total. The van der Waals surface area contributed by atoms with Crippen LogP contribution in [0.25, 0.3) is 5.95 Å². The molecule has 0 saturated heterocycles. The van der Waals surface area contributed by atoms with Crippen LogP contribution in [-0.2, 0) is 4.74 Å². The summed E-state index contributed by atoms with van der Waals surface area (Å²) in [5.41, 5.74) is 7.86. The highest BCUT2D eigenvalue weighted by Gasteiger charge is 2.18. The average molecular weight is 289 g/mol. The first kappa shape index (κ1) is 15.0. The maximum absolute atomic E-state index is 11.7. The Morgan fingerprint density at radius 2 is 2.14 bits per heavy atom. The van der Waals surface area contributed by atoms with Gasteiger partial charge in [0.15, 0.2) is 5.69 Å². The molecule has 0 saturated carbocycles. The molecule has 2 aromatic rings. The lowest BCUT2D eigenvalue weighted by molar-refractivity contribution is 0.0520. The van der Waals surface area contributed by atoms with Crippen molar-refractivity contribution in [2.24, 2.45) is 0 Å². The molecule has 0 spiro atoms. The number of esters is 1. The van der Waals surface area contributed by atoms with Crippen LogP contribution < -0.4 is 5.73 Å². The quantitative estimate of drug-likeness (QED) is 0.863. The summed E-state index contributed by atoms with van der Waals surface area (Å²) in [5.74, 6) is 0.106. The Kier molecular flexibility index (Phi) is 4.21. The highest BCUT2D eigenvalue weighted by Crippen LogP contribution is 2.17. The minimum Gasteiger partial charge on any atom is -0.461 e. The number of carbonyl (C=O) groups is 1. The number of nitrogens with two attached hydrogens (primary N) is 1. The summed E-state index contributed by atoms with van der Waals surface area (Å²) in [6, 6.07) is 1.92. The predicted molar refractivity (Wildman–Crippen MR) is 78.3 cm³/mol. The Morgan fingerprint density at radius 3 is 2.76 bits per heavy atom. The van der Waals surface area contributed by atoms with Gasteiger partial charge in [0.05, 0.1) is 18.5 Å². The molecule has 7 heteroatoms. The summed E-state index contributed by atoms with van der Waals surface area (Å²) in [7, 11) is 0. The Bertz CT molecular complexity index is 663. The van der Waals surface area contributed by atoms with Crippen molar-refractivity contribution < 1.29 is 9.53 Å². The number of rotatable bonds is 4. The van der Waals surface area contributed by atoms with Gasteiger partial charge < -0.3 is 10.5 Å². The minimum atomic E-state index is -0.550. The van der Waals surface area contributed by atoms with Crippen LogP contribution in [0.15, 0.2) is 12.3 Å². The SMILES string of the molecule is CCOC(=O)c1nn(-c2nc(C)cc(C(C)C)n2)cc1N. The van der Waals surface area contributed by atoms with Crippen molar-refractivity contribution in [3.05, 3.63) is 29.3 Å². The van der Waals surface area contributed by atoms with E-state index in [1.807, 2.05) is 26.8 Å². The fourth-order valence-corrected chi connectivity index (χ4v) is 1.82. The van der Waals surface area contributed by atoms with E-state index in [-0.39, 0.29) is 23.9 Å². The van der Waals surface area contributed by atoms with E-state index in [0.717, 1.165) is 11.4 Å². The molecule has 21 heavy (non-hydrogen) atoms. The Balaban J connectivity index is 2.43. The third kappa shape index (κ3) is 3.18. The lowest BCUT2D eigenvalue weighted by Crippen LogP contribution is -2.10. The molecule has 0 amide bonds. The summed E-state index contributed by atoms with van der Waals surface area (Å²) >= 11 is 0. The van der Waals surface area contributed by atoms with Crippen LogP contribution in [-0.4, -0.2) is 32.3 Å². The zero-order valence-corrected chi connectivity index (χ0v) is 12.6. The molecule has 0 bridgehead atoms. The second kappa shape index (κ2) is 5.90. The van der Waals surface area contributed by atoms with Crippen molar-refractivity contribution in [3.8, 4) is 5.95 Å². The fourth-order valence-electron chi connectivity index (χ4n) is 1.82. The molecule has 2 aromatic heterocycles. The zero-order valence-electron chi connectivity index (χ0n) is 12.6. The van der Waals surface area contributed by atoms with Crippen molar-refractivity contribution in [1.29, 1.82) is 0 Å². The van der Waals surface area contributed by atoms with E-state index in [1.165, 1.54) is 10.9 Å². The predicted octanol–water partition coefficient (Wildman–Crippen LogP) is 1.85. The molecule has 0 radical (unpaired) electrons. The second-order valence-electron chi connectivity index (χ2n) is 4.99. The molecule has 0 aliphatic heterocycles. The zero-order chi connectivity index (χ0) is 15.6. The van der Waals surface area contributed by atoms with Gasteiger partial charge in [0.25, 0.3) is 5.95 Å². The molecular weight excluding hydrogens is 270 g/mol. The molecule has 7 nitrogen and oxygen atoms in total. The number of hydrogen-bond acceptors (Lipinski definition) is 6. The highest BCUT2D eigenvalue weighted by atomic mass is 16.5. The highest BCUT2D eigenvalue weighted by molar-refractivity contribution is 5.92. The van der Waals surface area contributed by atoms with Crippen LogP contribution in [0, 0.1) is 6.92 Å². The molecule has 0 fully saturated rings. The number of carbonyl (C=O) groups excluding carboxylic acids is 1. The Hall–Kier alpha value is -2.44. The van der Waals surface area contributed by atoms with Crippen molar-refractivity contribution >= 4 is 11.7 Å².